The highest BCUT2D eigenvalue weighted by molar-refractivity contribution is 7.09. The maximum Gasteiger partial charge on any atom is 0.261 e. The molecule has 0 bridgehead atoms. The second-order valence-electron chi connectivity index (χ2n) is 6.97. The van der Waals surface area contributed by atoms with Crippen LogP contribution >= 0.6 is 22.9 Å². The molecule has 0 N–H and O–H groups in total. The summed E-state index contributed by atoms with van der Waals surface area (Å²) in [6.07, 6.45) is -0.0795. The molecule has 1 aliphatic heterocycles. The molecule has 1 atom stereocenters. The third kappa shape index (κ3) is 4.78. The van der Waals surface area contributed by atoms with Crippen LogP contribution in [-0.2, 0) is 20.9 Å². The van der Waals surface area contributed by atoms with Gasteiger partial charge in [0.25, 0.3) is 11.8 Å². The van der Waals surface area contributed by atoms with E-state index in [1.807, 2.05) is 35.7 Å². The number of thiophene rings is 1. The Labute approximate surface area is 188 Å². The van der Waals surface area contributed by atoms with Crippen molar-refractivity contribution in [3.05, 3.63) is 82.0 Å². The zero-order valence-corrected chi connectivity index (χ0v) is 18.0. The second kappa shape index (κ2) is 9.32. The molecule has 0 spiro atoms. The van der Waals surface area contributed by atoms with Crippen LogP contribution in [0.3, 0.4) is 0 Å². The molecule has 31 heavy (non-hydrogen) atoms. The van der Waals surface area contributed by atoms with Gasteiger partial charge in [-0.05, 0) is 47.8 Å². The van der Waals surface area contributed by atoms with E-state index < -0.39 is 11.9 Å². The molecule has 158 valence electrons. The van der Waals surface area contributed by atoms with Crippen molar-refractivity contribution in [2.75, 3.05) is 11.5 Å². The number of amides is 3. The Balaban J connectivity index is 1.55. The Hall–Kier alpha value is -3.16. The summed E-state index contributed by atoms with van der Waals surface area (Å²) in [7, 11) is 0. The third-order valence-corrected chi connectivity index (χ3v) is 6.03. The SMILES string of the molecule is O=C1CC(N(Cc2cccs2)C(=O)COc2ccccc2)C(=O)N1c1ccc(Cl)cc1. The monoisotopic (exact) mass is 454 g/mol. The van der Waals surface area contributed by atoms with E-state index in [4.69, 9.17) is 16.3 Å². The lowest BCUT2D eigenvalue weighted by Crippen LogP contribution is -2.46. The number of imide groups is 1. The number of ether oxygens (including phenoxy) is 1. The molecule has 4 rings (SSSR count). The van der Waals surface area contributed by atoms with Gasteiger partial charge in [-0.25, -0.2) is 4.90 Å². The first-order chi connectivity index (χ1) is 15.0. The number of nitrogens with zero attached hydrogens (tertiary/aromatic N) is 2. The molecule has 3 aromatic rings. The molecule has 2 heterocycles. The molecule has 0 radical (unpaired) electrons. The number of anilines is 1. The molecule has 8 heteroatoms. The molecule has 1 aliphatic rings. The van der Waals surface area contributed by atoms with E-state index >= 15 is 0 Å². The highest BCUT2D eigenvalue weighted by Gasteiger charge is 2.44. The van der Waals surface area contributed by atoms with Crippen molar-refractivity contribution in [3.8, 4) is 5.75 Å². The number of para-hydroxylation sites is 1. The van der Waals surface area contributed by atoms with E-state index in [0.29, 0.717) is 16.5 Å². The van der Waals surface area contributed by atoms with Crippen molar-refractivity contribution in [2.45, 2.75) is 19.0 Å². The first-order valence-corrected chi connectivity index (χ1v) is 10.9. The first kappa shape index (κ1) is 21.1. The minimum Gasteiger partial charge on any atom is -0.484 e. The number of benzene rings is 2. The van der Waals surface area contributed by atoms with Crippen molar-refractivity contribution in [1.82, 2.24) is 4.90 Å². The Morgan fingerprint density at radius 3 is 2.48 bits per heavy atom. The van der Waals surface area contributed by atoms with Crippen LogP contribution in [0.2, 0.25) is 5.02 Å². The van der Waals surface area contributed by atoms with Gasteiger partial charge >= 0.3 is 0 Å². The Morgan fingerprint density at radius 2 is 1.81 bits per heavy atom. The molecule has 1 fully saturated rings. The van der Waals surface area contributed by atoms with Crippen LogP contribution in [-0.4, -0.2) is 35.3 Å². The van der Waals surface area contributed by atoms with E-state index in [1.165, 1.54) is 16.2 Å². The lowest BCUT2D eigenvalue weighted by atomic mass is 10.2. The molecular weight excluding hydrogens is 436 g/mol. The average molecular weight is 455 g/mol. The Morgan fingerprint density at radius 1 is 1.06 bits per heavy atom. The van der Waals surface area contributed by atoms with E-state index in [0.717, 1.165) is 9.78 Å². The molecule has 6 nitrogen and oxygen atoms in total. The average Bonchev–Trinajstić information content (AvgIpc) is 3.39. The summed E-state index contributed by atoms with van der Waals surface area (Å²) < 4.78 is 5.60. The number of hydrogen-bond acceptors (Lipinski definition) is 5. The van der Waals surface area contributed by atoms with E-state index in [1.54, 1.807) is 36.4 Å². The fourth-order valence-corrected chi connectivity index (χ4v) is 4.24. The van der Waals surface area contributed by atoms with Crippen molar-refractivity contribution in [1.29, 1.82) is 0 Å². The fraction of sp³-hybridized carbons (Fsp3) is 0.174. The summed E-state index contributed by atoms with van der Waals surface area (Å²) in [5.74, 6) is -0.591. The van der Waals surface area contributed by atoms with Crippen molar-refractivity contribution in [2.24, 2.45) is 0 Å². The molecular formula is C23H19ClN2O4S. The van der Waals surface area contributed by atoms with Gasteiger partial charge in [0.05, 0.1) is 18.7 Å². The molecule has 1 saturated heterocycles. The molecule has 2 aromatic carbocycles. The lowest BCUT2D eigenvalue weighted by Gasteiger charge is -2.27. The standard InChI is InChI=1S/C23H19ClN2O4S/c24-16-8-10-17(11-9-16)26-21(27)13-20(23(26)29)25(14-19-7-4-12-31-19)22(28)15-30-18-5-2-1-3-6-18/h1-12,20H,13-15H2. The molecule has 1 aromatic heterocycles. The predicted molar refractivity (Wildman–Crippen MR) is 119 cm³/mol. The summed E-state index contributed by atoms with van der Waals surface area (Å²) in [4.78, 5) is 42.4. The number of carbonyl (C=O) groups excluding carboxylic acids is 3. The number of hydrogen-bond donors (Lipinski definition) is 0. The number of carbonyl (C=O) groups is 3. The number of halogens is 1. The van der Waals surface area contributed by atoms with E-state index in [9.17, 15) is 14.4 Å². The van der Waals surface area contributed by atoms with Crippen molar-refractivity contribution < 1.29 is 19.1 Å². The van der Waals surface area contributed by atoms with Gasteiger partial charge in [-0.3, -0.25) is 14.4 Å². The highest BCUT2D eigenvalue weighted by Crippen LogP contribution is 2.28. The van der Waals surface area contributed by atoms with Gasteiger partial charge in [-0.1, -0.05) is 35.9 Å². The van der Waals surface area contributed by atoms with E-state index in [2.05, 4.69) is 0 Å². The second-order valence-corrected chi connectivity index (χ2v) is 8.44. The van der Waals surface area contributed by atoms with Gasteiger partial charge in [0, 0.05) is 9.90 Å². The van der Waals surface area contributed by atoms with Gasteiger partial charge in [-0.2, -0.15) is 0 Å². The summed E-state index contributed by atoms with van der Waals surface area (Å²) in [5.41, 5.74) is 0.436. The van der Waals surface area contributed by atoms with Gasteiger partial charge in [0.1, 0.15) is 11.8 Å². The zero-order valence-electron chi connectivity index (χ0n) is 16.4. The third-order valence-electron chi connectivity index (χ3n) is 4.92. The van der Waals surface area contributed by atoms with Crippen molar-refractivity contribution in [3.63, 3.8) is 0 Å². The fourth-order valence-electron chi connectivity index (χ4n) is 3.41. The topological polar surface area (TPSA) is 66.9 Å². The quantitative estimate of drug-likeness (QED) is 0.503. The number of rotatable bonds is 7. The van der Waals surface area contributed by atoms with E-state index in [-0.39, 0.29) is 31.4 Å². The molecule has 0 saturated carbocycles. The summed E-state index contributed by atoms with van der Waals surface area (Å²) in [6, 6.07) is 18.3. The maximum atomic E-state index is 13.2. The molecule has 3 amide bonds. The van der Waals surface area contributed by atoms with Crippen LogP contribution in [0, 0.1) is 0 Å². The zero-order chi connectivity index (χ0) is 21.8. The molecule has 0 aliphatic carbocycles. The minimum atomic E-state index is -0.892. The Bertz CT molecular complexity index is 1070. The Kier molecular flexibility index (Phi) is 6.34. The van der Waals surface area contributed by atoms with Gasteiger partial charge in [-0.15, -0.1) is 11.3 Å². The largest absolute Gasteiger partial charge is 0.484 e. The van der Waals surface area contributed by atoms with Gasteiger partial charge < -0.3 is 9.64 Å². The van der Waals surface area contributed by atoms with Gasteiger partial charge in [0.15, 0.2) is 6.61 Å². The van der Waals surface area contributed by atoms with Crippen LogP contribution in [0.25, 0.3) is 0 Å². The summed E-state index contributed by atoms with van der Waals surface area (Å²) >= 11 is 7.41. The smallest absolute Gasteiger partial charge is 0.261 e. The summed E-state index contributed by atoms with van der Waals surface area (Å²) in [6.45, 7) is 0.00109. The summed E-state index contributed by atoms with van der Waals surface area (Å²) in [5, 5.41) is 2.41. The highest BCUT2D eigenvalue weighted by atomic mass is 35.5. The minimum absolute atomic E-state index is 0.0795. The van der Waals surface area contributed by atoms with Crippen LogP contribution in [0.15, 0.2) is 72.1 Å². The van der Waals surface area contributed by atoms with Gasteiger partial charge in [0.2, 0.25) is 5.91 Å². The van der Waals surface area contributed by atoms with Crippen molar-refractivity contribution >= 4 is 46.3 Å². The van der Waals surface area contributed by atoms with Crippen LogP contribution in [0.5, 0.6) is 5.75 Å². The van der Waals surface area contributed by atoms with Crippen LogP contribution in [0.1, 0.15) is 11.3 Å². The predicted octanol–water partition coefficient (Wildman–Crippen LogP) is 4.14. The van der Waals surface area contributed by atoms with Crippen LogP contribution in [0.4, 0.5) is 5.69 Å². The lowest BCUT2D eigenvalue weighted by molar-refractivity contribution is -0.140. The molecule has 1 unspecified atom stereocenters. The van der Waals surface area contributed by atoms with Crippen LogP contribution < -0.4 is 9.64 Å². The first-order valence-electron chi connectivity index (χ1n) is 9.65. The normalized spacial score (nSPS) is 15.9. The maximum absolute atomic E-state index is 13.2.